The van der Waals surface area contributed by atoms with Crippen molar-refractivity contribution in [1.29, 1.82) is 0 Å². The van der Waals surface area contributed by atoms with Gasteiger partial charge in [-0.2, -0.15) is 0 Å². The molecule has 1 aliphatic rings. The zero-order chi connectivity index (χ0) is 15.4. The van der Waals surface area contributed by atoms with E-state index in [4.69, 9.17) is 0 Å². The first-order valence-electron chi connectivity index (χ1n) is 7.87. The molecule has 2 heteroatoms. The second-order valence-corrected chi connectivity index (χ2v) is 6.31. The van der Waals surface area contributed by atoms with Crippen molar-refractivity contribution in [2.24, 2.45) is 5.92 Å². The fraction of sp³-hybridized carbons (Fsp3) is 0.474. The molecule has 0 amide bonds. The van der Waals surface area contributed by atoms with E-state index in [-0.39, 0.29) is 0 Å². The van der Waals surface area contributed by atoms with Gasteiger partial charge in [0.2, 0.25) is 0 Å². The first-order valence-corrected chi connectivity index (χ1v) is 7.87. The van der Waals surface area contributed by atoms with Crippen molar-refractivity contribution < 1.29 is 0 Å². The molecule has 1 fully saturated rings. The van der Waals surface area contributed by atoms with Crippen LogP contribution in [-0.2, 0) is 0 Å². The lowest BCUT2D eigenvalue weighted by Crippen LogP contribution is -2.46. The third-order valence-corrected chi connectivity index (χ3v) is 4.37. The monoisotopic (exact) mass is 284 g/mol. The SMILES string of the molecule is C=C(C)CC(C)C(=C)N1CCN(c2ccccc2C)CC1. The number of hydrogen-bond acceptors (Lipinski definition) is 2. The first-order chi connectivity index (χ1) is 9.99. The summed E-state index contributed by atoms with van der Waals surface area (Å²) in [7, 11) is 0. The highest BCUT2D eigenvalue weighted by molar-refractivity contribution is 5.53. The summed E-state index contributed by atoms with van der Waals surface area (Å²) in [6.45, 7) is 19.1. The molecule has 1 heterocycles. The summed E-state index contributed by atoms with van der Waals surface area (Å²) in [6.07, 6.45) is 1.04. The van der Waals surface area contributed by atoms with Gasteiger partial charge in [0.15, 0.2) is 0 Å². The minimum absolute atomic E-state index is 0.493. The van der Waals surface area contributed by atoms with Crippen LogP contribution in [0.3, 0.4) is 0 Å². The summed E-state index contributed by atoms with van der Waals surface area (Å²) in [5.74, 6) is 0.493. The Morgan fingerprint density at radius 3 is 2.33 bits per heavy atom. The number of benzene rings is 1. The van der Waals surface area contributed by atoms with Gasteiger partial charge in [-0.25, -0.2) is 0 Å². The first kappa shape index (κ1) is 15.7. The lowest BCUT2D eigenvalue weighted by Gasteiger charge is -2.40. The highest BCUT2D eigenvalue weighted by Gasteiger charge is 2.21. The van der Waals surface area contributed by atoms with Gasteiger partial charge < -0.3 is 9.80 Å². The van der Waals surface area contributed by atoms with Crippen LogP contribution >= 0.6 is 0 Å². The number of aryl methyl sites for hydroxylation is 1. The van der Waals surface area contributed by atoms with E-state index in [0.717, 1.165) is 32.6 Å². The molecule has 114 valence electrons. The molecule has 1 saturated heterocycles. The highest BCUT2D eigenvalue weighted by Crippen LogP contribution is 2.25. The number of anilines is 1. The standard InChI is InChI=1S/C19H28N2/c1-15(2)14-17(4)18(5)20-10-12-21(13-11-20)19-9-7-6-8-16(19)3/h6-9,17H,1,5,10-14H2,2-4H3. The van der Waals surface area contributed by atoms with Gasteiger partial charge in [0, 0.05) is 37.6 Å². The Hall–Kier alpha value is -1.70. The number of rotatable bonds is 5. The van der Waals surface area contributed by atoms with E-state index in [2.05, 4.69) is 68.0 Å². The van der Waals surface area contributed by atoms with Crippen LogP contribution < -0.4 is 4.90 Å². The predicted octanol–water partition coefficient (Wildman–Crippen LogP) is 4.23. The Morgan fingerprint density at radius 1 is 1.14 bits per heavy atom. The third-order valence-electron chi connectivity index (χ3n) is 4.37. The molecule has 1 atom stereocenters. The van der Waals surface area contributed by atoms with Gasteiger partial charge in [-0.15, -0.1) is 6.58 Å². The minimum Gasteiger partial charge on any atom is -0.372 e. The summed E-state index contributed by atoms with van der Waals surface area (Å²) in [6, 6.07) is 8.65. The number of allylic oxidation sites excluding steroid dienone is 2. The van der Waals surface area contributed by atoms with Crippen molar-refractivity contribution in [1.82, 2.24) is 4.90 Å². The van der Waals surface area contributed by atoms with E-state index >= 15 is 0 Å². The van der Waals surface area contributed by atoms with Crippen molar-refractivity contribution in [3.8, 4) is 0 Å². The Balaban J connectivity index is 1.93. The molecule has 1 unspecified atom stereocenters. The highest BCUT2D eigenvalue weighted by atomic mass is 15.3. The molecule has 1 aliphatic heterocycles. The molecule has 2 rings (SSSR count). The molecule has 0 saturated carbocycles. The van der Waals surface area contributed by atoms with E-state index in [1.165, 1.54) is 22.5 Å². The van der Waals surface area contributed by atoms with Gasteiger partial charge in [0.1, 0.15) is 0 Å². The average Bonchev–Trinajstić information content (AvgIpc) is 2.46. The zero-order valence-electron chi connectivity index (χ0n) is 13.7. The van der Waals surface area contributed by atoms with Gasteiger partial charge in [0.05, 0.1) is 0 Å². The van der Waals surface area contributed by atoms with Gasteiger partial charge >= 0.3 is 0 Å². The van der Waals surface area contributed by atoms with Crippen molar-refractivity contribution in [3.05, 3.63) is 54.3 Å². The zero-order valence-corrected chi connectivity index (χ0v) is 13.7. The van der Waals surface area contributed by atoms with Crippen LogP contribution in [0.2, 0.25) is 0 Å². The summed E-state index contributed by atoms with van der Waals surface area (Å²) in [5.41, 5.74) is 5.24. The van der Waals surface area contributed by atoms with Crippen LogP contribution in [0.15, 0.2) is 48.7 Å². The predicted molar refractivity (Wildman–Crippen MR) is 92.7 cm³/mol. The molecule has 0 aromatic heterocycles. The van der Waals surface area contributed by atoms with E-state index in [9.17, 15) is 0 Å². The number of nitrogens with zero attached hydrogens (tertiary/aromatic N) is 2. The van der Waals surface area contributed by atoms with Crippen LogP contribution in [0, 0.1) is 12.8 Å². The van der Waals surface area contributed by atoms with E-state index < -0.39 is 0 Å². The van der Waals surface area contributed by atoms with E-state index in [0.29, 0.717) is 5.92 Å². The Labute approximate surface area is 129 Å². The molecule has 0 radical (unpaired) electrons. The van der Waals surface area contributed by atoms with Crippen molar-refractivity contribution in [2.45, 2.75) is 27.2 Å². The summed E-state index contributed by atoms with van der Waals surface area (Å²) in [5, 5.41) is 0. The smallest absolute Gasteiger partial charge is 0.0397 e. The topological polar surface area (TPSA) is 6.48 Å². The van der Waals surface area contributed by atoms with Crippen molar-refractivity contribution in [2.75, 3.05) is 31.1 Å². The summed E-state index contributed by atoms with van der Waals surface area (Å²) >= 11 is 0. The lowest BCUT2D eigenvalue weighted by atomic mass is 9.99. The molecule has 1 aromatic rings. The molecule has 0 spiro atoms. The van der Waals surface area contributed by atoms with Gasteiger partial charge in [-0.05, 0) is 37.8 Å². The van der Waals surface area contributed by atoms with Gasteiger partial charge in [-0.1, -0.05) is 37.3 Å². The Kier molecular flexibility index (Phi) is 5.11. The maximum absolute atomic E-state index is 4.31. The molecule has 2 nitrogen and oxygen atoms in total. The molecular weight excluding hydrogens is 256 g/mol. The molecule has 21 heavy (non-hydrogen) atoms. The van der Waals surface area contributed by atoms with E-state index in [1.54, 1.807) is 0 Å². The number of piperazine rings is 1. The average molecular weight is 284 g/mol. The minimum atomic E-state index is 0.493. The van der Waals surface area contributed by atoms with Crippen LogP contribution in [-0.4, -0.2) is 31.1 Å². The van der Waals surface area contributed by atoms with Crippen molar-refractivity contribution >= 4 is 5.69 Å². The maximum atomic E-state index is 4.31. The lowest BCUT2D eigenvalue weighted by molar-refractivity contribution is 0.290. The van der Waals surface area contributed by atoms with Crippen LogP contribution in [0.4, 0.5) is 5.69 Å². The second kappa shape index (κ2) is 6.84. The fourth-order valence-corrected chi connectivity index (χ4v) is 3.10. The molecule has 1 aromatic carbocycles. The molecular formula is C19H28N2. The number of hydrogen-bond donors (Lipinski definition) is 0. The second-order valence-electron chi connectivity index (χ2n) is 6.31. The van der Waals surface area contributed by atoms with Gasteiger partial charge in [-0.3, -0.25) is 0 Å². The largest absolute Gasteiger partial charge is 0.372 e. The quantitative estimate of drug-likeness (QED) is 0.746. The molecule has 0 aliphatic carbocycles. The van der Waals surface area contributed by atoms with Crippen LogP contribution in [0.1, 0.15) is 25.8 Å². The summed E-state index contributed by atoms with van der Waals surface area (Å²) in [4.78, 5) is 4.94. The third kappa shape index (κ3) is 3.90. The summed E-state index contributed by atoms with van der Waals surface area (Å²) < 4.78 is 0. The number of para-hydroxylation sites is 1. The van der Waals surface area contributed by atoms with Crippen LogP contribution in [0.25, 0.3) is 0 Å². The molecule has 0 bridgehead atoms. The maximum Gasteiger partial charge on any atom is 0.0397 e. The van der Waals surface area contributed by atoms with E-state index in [1.807, 2.05) is 0 Å². The Bertz CT molecular complexity index is 510. The Morgan fingerprint density at radius 2 is 1.76 bits per heavy atom. The van der Waals surface area contributed by atoms with Crippen LogP contribution in [0.5, 0.6) is 0 Å². The molecule has 0 N–H and O–H groups in total. The van der Waals surface area contributed by atoms with Gasteiger partial charge in [0.25, 0.3) is 0 Å². The van der Waals surface area contributed by atoms with Crippen molar-refractivity contribution in [3.63, 3.8) is 0 Å². The normalized spacial score (nSPS) is 16.7. The fourth-order valence-electron chi connectivity index (χ4n) is 3.10.